The quantitative estimate of drug-likeness (QED) is 0.499. The number of allylic oxidation sites excluding steroid dienone is 1. The van der Waals surface area contributed by atoms with Crippen LogP contribution in [0, 0.1) is 73.4 Å². The molecule has 6 rings (SSSR count). The van der Waals surface area contributed by atoms with E-state index in [1.807, 2.05) is 19.9 Å². The number of ketones is 2. The fourth-order valence-corrected chi connectivity index (χ4v) is 10.3. The number of nitrogens with zero attached hydrogens (tertiary/aromatic N) is 2. The smallest absolute Gasteiger partial charge is 0.240 e. The number of rotatable bonds is 0. The van der Waals surface area contributed by atoms with E-state index in [4.69, 9.17) is 4.74 Å². The maximum absolute atomic E-state index is 14.1. The van der Waals surface area contributed by atoms with Gasteiger partial charge in [-0.3, -0.25) is 9.59 Å². The third-order valence-corrected chi connectivity index (χ3v) is 12.3. The lowest BCUT2D eigenvalue weighted by Gasteiger charge is -2.65. The van der Waals surface area contributed by atoms with E-state index < -0.39 is 34.1 Å². The average Bonchev–Trinajstić information content (AvgIpc) is 3.57. The first-order valence-electron chi connectivity index (χ1n) is 13.7. The molecule has 0 spiro atoms. The number of aliphatic hydroxyl groups is 1. The Labute approximate surface area is 214 Å². The summed E-state index contributed by atoms with van der Waals surface area (Å²) in [5.41, 5.74) is -2.87. The summed E-state index contributed by atoms with van der Waals surface area (Å²) in [6.07, 6.45) is 5.10. The van der Waals surface area contributed by atoms with Crippen LogP contribution >= 0.6 is 0 Å². The van der Waals surface area contributed by atoms with Gasteiger partial charge in [-0.1, -0.05) is 47.1 Å². The Bertz CT molecular complexity index is 1200. The Hall–Kier alpha value is -2.02. The van der Waals surface area contributed by atoms with Crippen LogP contribution in [0.25, 0.3) is 0 Å². The molecule has 0 radical (unpaired) electrons. The molecule has 1 heterocycles. The van der Waals surface area contributed by atoms with Gasteiger partial charge in [0, 0.05) is 16.7 Å². The molecule has 192 valence electrons. The first-order valence-corrected chi connectivity index (χ1v) is 13.7. The molecule has 5 fully saturated rings. The van der Waals surface area contributed by atoms with Gasteiger partial charge in [-0.15, -0.1) is 0 Å². The molecule has 36 heavy (non-hydrogen) atoms. The van der Waals surface area contributed by atoms with E-state index in [1.165, 1.54) is 0 Å². The maximum atomic E-state index is 14.1. The average molecular weight is 491 g/mol. The summed E-state index contributed by atoms with van der Waals surface area (Å²) in [4.78, 5) is 27.5. The van der Waals surface area contributed by atoms with Gasteiger partial charge < -0.3 is 9.84 Å². The molecule has 0 bridgehead atoms. The van der Waals surface area contributed by atoms with Gasteiger partial charge in [0.25, 0.3) is 0 Å². The van der Waals surface area contributed by atoms with Crippen LogP contribution in [0.15, 0.2) is 11.6 Å². The van der Waals surface area contributed by atoms with Gasteiger partial charge in [0.15, 0.2) is 11.6 Å². The topological polar surface area (TPSA) is 114 Å². The number of carbonyl (C=O) groups excluding carboxylic acids is 2. The zero-order valence-electron chi connectivity index (χ0n) is 22.4. The van der Waals surface area contributed by atoms with Crippen LogP contribution < -0.4 is 0 Å². The minimum atomic E-state index is -1.40. The van der Waals surface area contributed by atoms with Gasteiger partial charge >= 0.3 is 0 Å². The van der Waals surface area contributed by atoms with Gasteiger partial charge in [0.05, 0.1) is 17.6 Å². The molecule has 1 saturated heterocycles. The molecule has 0 amide bonds. The maximum Gasteiger partial charge on any atom is 0.240 e. The molecule has 6 heteroatoms. The fraction of sp³-hybridized carbons (Fsp3) is 0.800. The number of carbonyl (C=O) groups is 2. The molecule has 1 aliphatic heterocycles. The lowest BCUT2D eigenvalue weighted by atomic mass is 9.37. The van der Waals surface area contributed by atoms with Crippen LogP contribution in [0.4, 0.5) is 0 Å². The van der Waals surface area contributed by atoms with Gasteiger partial charge in [-0.2, -0.15) is 10.5 Å². The zero-order chi connectivity index (χ0) is 26.3. The molecule has 1 N–H and O–H groups in total. The third-order valence-electron chi connectivity index (χ3n) is 12.3. The number of hydrogen-bond acceptors (Lipinski definition) is 6. The molecule has 4 unspecified atom stereocenters. The van der Waals surface area contributed by atoms with Crippen LogP contribution in [0.3, 0.4) is 0 Å². The van der Waals surface area contributed by atoms with Crippen molar-refractivity contribution in [3.63, 3.8) is 0 Å². The first kappa shape index (κ1) is 24.3. The van der Waals surface area contributed by atoms with Gasteiger partial charge in [0.1, 0.15) is 12.2 Å². The predicted molar refractivity (Wildman–Crippen MR) is 131 cm³/mol. The highest BCUT2D eigenvalue weighted by Crippen LogP contribution is 2.74. The minimum Gasteiger partial charge on any atom is -0.393 e. The van der Waals surface area contributed by atoms with Crippen molar-refractivity contribution in [2.45, 2.75) is 97.9 Å². The molecule has 4 saturated carbocycles. The van der Waals surface area contributed by atoms with Gasteiger partial charge in [-0.05, 0) is 73.2 Å². The number of epoxide rings is 1. The minimum absolute atomic E-state index is 0.000649. The van der Waals surface area contributed by atoms with Crippen LogP contribution in [-0.4, -0.2) is 34.5 Å². The van der Waals surface area contributed by atoms with E-state index in [0.717, 1.165) is 24.8 Å². The monoisotopic (exact) mass is 490 g/mol. The molecule has 6 nitrogen and oxygen atoms in total. The zero-order valence-corrected chi connectivity index (χ0v) is 22.4. The number of aliphatic hydroxyl groups excluding tert-OH is 1. The second-order valence-electron chi connectivity index (χ2n) is 14.6. The summed E-state index contributed by atoms with van der Waals surface area (Å²) in [5.74, 6) is -0.236. The Balaban J connectivity index is 1.48. The standard InChI is InChI=1S/C30H38N2O4/c1-25(2)12-17-22-16(7-10-29(17,14-31)13-21(25)34)27(5)9-8-19-26(3,4)23(35)30(15-32)24(36-30)28(19,6)20(27)11-18(22)33/h11,16-17,19,21-22,24,34H,7-10,12-13H2,1-6H3/t16?,17-,19-,21?,22-,24?,27-,28-,29-,30?/m0/s1. The molecule has 6 aliphatic rings. The number of ether oxygens (including phenoxy) is 1. The van der Waals surface area contributed by atoms with Crippen molar-refractivity contribution in [3.8, 4) is 12.1 Å². The second-order valence-corrected chi connectivity index (χ2v) is 14.6. The van der Waals surface area contributed by atoms with Crippen LogP contribution in [0.1, 0.15) is 80.1 Å². The normalized spacial score (nSPS) is 53.8. The summed E-state index contributed by atoms with van der Waals surface area (Å²) in [6.45, 7) is 12.4. The summed E-state index contributed by atoms with van der Waals surface area (Å²) >= 11 is 0. The van der Waals surface area contributed by atoms with Crippen molar-refractivity contribution >= 4 is 11.6 Å². The molecular formula is C30H38N2O4. The Morgan fingerprint density at radius 1 is 0.972 bits per heavy atom. The van der Waals surface area contributed by atoms with E-state index in [-0.39, 0.29) is 46.1 Å². The summed E-state index contributed by atoms with van der Waals surface area (Å²) in [5, 5.41) is 31.2. The summed E-state index contributed by atoms with van der Waals surface area (Å²) in [7, 11) is 0. The van der Waals surface area contributed by atoms with Gasteiger partial charge in [0.2, 0.25) is 5.60 Å². The third kappa shape index (κ3) is 2.49. The van der Waals surface area contributed by atoms with Crippen LogP contribution in [0.2, 0.25) is 0 Å². The molecular weight excluding hydrogens is 452 g/mol. The second kappa shape index (κ2) is 6.69. The van der Waals surface area contributed by atoms with Crippen LogP contribution in [0.5, 0.6) is 0 Å². The summed E-state index contributed by atoms with van der Waals surface area (Å²) < 4.78 is 6.03. The van der Waals surface area contributed by atoms with E-state index >= 15 is 0 Å². The molecule has 0 aromatic carbocycles. The Morgan fingerprint density at radius 3 is 2.31 bits per heavy atom. The van der Waals surface area contributed by atoms with Gasteiger partial charge in [-0.25, -0.2) is 0 Å². The largest absolute Gasteiger partial charge is 0.393 e. The van der Waals surface area contributed by atoms with Crippen molar-refractivity contribution in [1.29, 1.82) is 10.5 Å². The lowest BCUT2D eigenvalue weighted by Crippen LogP contribution is -2.64. The fourth-order valence-electron chi connectivity index (χ4n) is 10.3. The molecule has 0 aromatic heterocycles. The predicted octanol–water partition coefficient (Wildman–Crippen LogP) is 4.52. The van der Waals surface area contributed by atoms with Crippen molar-refractivity contribution < 1.29 is 19.4 Å². The number of nitriles is 2. The van der Waals surface area contributed by atoms with E-state index in [1.54, 1.807) is 0 Å². The van der Waals surface area contributed by atoms with Crippen molar-refractivity contribution in [3.05, 3.63) is 11.6 Å². The highest BCUT2D eigenvalue weighted by atomic mass is 16.6. The Morgan fingerprint density at radius 2 is 1.67 bits per heavy atom. The molecule has 10 atom stereocenters. The summed E-state index contributed by atoms with van der Waals surface area (Å²) in [6, 6.07) is 4.81. The Kier molecular flexibility index (Phi) is 4.52. The van der Waals surface area contributed by atoms with Crippen LogP contribution in [-0.2, 0) is 14.3 Å². The SMILES string of the molecule is CC1(C)C[C@H]2[C@H]3C(=O)C=C4[C@@]5(C)C6OC6(C#N)C(=O)C(C)(C)[C@@H]5CC[C@@]4(C)C3CC[C@@]2(C#N)CC1O. The number of fused-ring (bicyclic) bond motifs is 9. The van der Waals surface area contributed by atoms with E-state index in [0.29, 0.717) is 19.3 Å². The molecule has 5 aliphatic carbocycles. The highest BCUT2D eigenvalue weighted by molar-refractivity contribution is 6.01. The highest BCUT2D eigenvalue weighted by Gasteiger charge is 2.81. The number of Topliss-reactive ketones (excluding diaryl/α,β-unsaturated/α-hetero) is 1. The first-order chi connectivity index (χ1) is 16.7. The van der Waals surface area contributed by atoms with Crippen molar-refractivity contribution in [1.82, 2.24) is 0 Å². The van der Waals surface area contributed by atoms with E-state index in [2.05, 4.69) is 39.8 Å². The van der Waals surface area contributed by atoms with E-state index in [9.17, 15) is 25.2 Å². The molecule has 0 aromatic rings. The van der Waals surface area contributed by atoms with Crippen molar-refractivity contribution in [2.24, 2.45) is 50.7 Å². The van der Waals surface area contributed by atoms with Crippen molar-refractivity contribution in [2.75, 3.05) is 0 Å². The number of hydrogen-bond donors (Lipinski definition) is 1. The lowest BCUT2D eigenvalue weighted by molar-refractivity contribution is -0.156.